The molecule has 0 unspecified atom stereocenters. The summed E-state index contributed by atoms with van der Waals surface area (Å²) in [7, 11) is 0. The minimum absolute atomic E-state index is 0.956. The van der Waals surface area contributed by atoms with Gasteiger partial charge in [0.2, 0.25) is 0 Å². The molecule has 0 saturated heterocycles. The van der Waals surface area contributed by atoms with Gasteiger partial charge >= 0.3 is 0 Å². The summed E-state index contributed by atoms with van der Waals surface area (Å²) in [5.41, 5.74) is 20.9. The fourth-order valence-corrected chi connectivity index (χ4v) is 9.54. The molecule has 0 fully saturated rings. The minimum Gasteiger partial charge on any atom is -0.309 e. The molecule has 0 amide bonds. The Kier molecular flexibility index (Phi) is 5.64. The maximum Gasteiger partial charge on any atom is 0.0548 e. The topological polar surface area (TPSA) is 9.86 Å². The van der Waals surface area contributed by atoms with E-state index < -0.39 is 0 Å². The van der Waals surface area contributed by atoms with E-state index in [0.717, 1.165) is 12.8 Å². The average Bonchev–Trinajstić information content (AvgIpc) is 3.95. The Morgan fingerprint density at radius 3 is 1.56 bits per heavy atom. The van der Waals surface area contributed by atoms with Gasteiger partial charge in [-0.3, -0.25) is 0 Å². The predicted octanol–water partition coefficient (Wildman–Crippen LogP) is 12.7. The molecule has 0 saturated carbocycles. The molecule has 2 aliphatic rings. The summed E-state index contributed by atoms with van der Waals surface area (Å²) in [4.78, 5) is 0. The van der Waals surface area contributed by atoms with Crippen molar-refractivity contribution in [2.75, 3.05) is 0 Å². The third-order valence-electron chi connectivity index (χ3n) is 11.8. The Balaban J connectivity index is 1.16. The van der Waals surface area contributed by atoms with Crippen LogP contribution in [-0.4, -0.2) is 9.13 Å². The number of hydrogen-bond acceptors (Lipinski definition) is 0. The summed E-state index contributed by atoms with van der Waals surface area (Å²) in [5, 5.41) is 5.16. The zero-order valence-corrected chi connectivity index (χ0v) is 28.5. The lowest BCUT2D eigenvalue weighted by molar-refractivity contribution is 1.16. The smallest absolute Gasteiger partial charge is 0.0548 e. The number of aromatic nitrogens is 2. The highest BCUT2D eigenvalue weighted by Crippen LogP contribution is 2.47. The highest BCUT2D eigenvalue weighted by atomic mass is 15.0. The number of fused-ring (bicyclic) bond motifs is 13. The number of benzene rings is 8. The molecule has 0 radical (unpaired) electrons. The summed E-state index contributed by atoms with van der Waals surface area (Å²) in [5.74, 6) is 0. The van der Waals surface area contributed by atoms with E-state index in [1.54, 1.807) is 0 Å². The van der Waals surface area contributed by atoms with Gasteiger partial charge < -0.3 is 9.13 Å². The summed E-state index contributed by atoms with van der Waals surface area (Å²) in [6, 6.07) is 63.3. The summed E-state index contributed by atoms with van der Waals surface area (Å²) in [6.07, 6.45) is 1.96. The van der Waals surface area contributed by atoms with Crippen LogP contribution in [0.2, 0.25) is 0 Å². The minimum atomic E-state index is 0.956. The second kappa shape index (κ2) is 10.4. The van der Waals surface area contributed by atoms with E-state index >= 15 is 0 Å². The maximum absolute atomic E-state index is 2.51. The summed E-state index contributed by atoms with van der Waals surface area (Å²) in [6.45, 7) is 0. The van der Waals surface area contributed by atoms with E-state index in [2.05, 4.69) is 179 Å². The monoisotopic (exact) mass is 660 g/mol. The van der Waals surface area contributed by atoms with Crippen molar-refractivity contribution < 1.29 is 0 Å². The van der Waals surface area contributed by atoms with E-state index in [9.17, 15) is 0 Å². The van der Waals surface area contributed by atoms with Gasteiger partial charge in [-0.2, -0.15) is 0 Å². The Hall–Kier alpha value is -6.64. The number of rotatable bonds is 3. The molecule has 12 rings (SSSR count). The molecule has 242 valence electrons. The van der Waals surface area contributed by atoms with Gasteiger partial charge in [0.15, 0.2) is 0 Å². The van der Waals surface area contributed by atoms with Crippen LogP contribution >= 0.6 is 0 Å². The summed E-state index contributed by atoms with van der Waals surface area (Å²) >= 11 is 0. The number of para-hydroxylation sites is 2. The molecule has 8 aromatic carbocycles. The molecule has 0 bridgehead atoms. The Morgan fingerprint density at radius 1 is 0.327 bits per heavy atom. The van der Waals surface area contributed by atoms with E-state index in [-0.39, 0.29) is 0 Å². The van der Waals surface area contributed by atoms with Gasteiger partial charge in [0.25, 0.3) is 0 Å². The van der Waals surface area contributed by atoms with E-state index in [1.165, 1.54) is 111 Å². The first-order valence-electron chi connectivity index (χ1n) is 18.3. The molecular weight excluding hydrogens is 629 g/mol. The van der Waals surface area contributed by atoms with Gasteiger partial charge in [-0.05, 0) is 117 Å². The van der Waals surface area contributed by atoms with Crippen molar-refractivity contribution in [3.63, 3.8) is 0 Å². The Bertz CT molecular complexity index is 3120. The molecule has 0 atom stereocenters. The van der Waals surface area contributed by atoms with Crippen molar-refractivity contribution in [2.24, 2.45) is 0 Å². The maximum atomic E-state index is 2.51. The van der Waals surface area contributed by atoms with Crippen molar-refractivity contribution in [3.05, 3.63) is 192 Å². The largest absolute Gasteiger partial charge is 0.309 e. The molecule has 2 aromatic heterocycles. The van der Waals surface area contributed by atoms with Crippen LogP contribution in [0, 0.1) is 0 Å². The van der Waals surface area contributed by atoms with Crippen molar-refractivity contribution in [3.8, 4) is 44.8 Å². The number of nitrogens with zero attached hydrogens (tertiary/aromatic N) is 2. The lowest BCUT2D eigenvalue weighted by Crippen LogP contribution is -1.98. The first kappa shape index (κ1) is 28.1. The third kappa shape index (κ3) is 3.79. The van der Waals surface area contributed by atoms with Crippen LogP contribution in [0.5, 0.6) is 0 Å². The normalized spacial score (nSPS) is 12.8. The highest BCUT2D eigenvalue weighted by Gasteiger charge is 2.26. The molecule has 0 N–H and O–H groups in total. The van der Waals surface area contributed by atoms with Crippen LogP contribution in [0.1, 0.15) is 22.3 Å². The summed E-state index contributed by atoms with van der Waals surface area (Å²) < 4.78 is 4.99. The van der Waals surface area contributed by atoms with E-state index in [1.807, 2.05) is 0 Å². The molecular formula is C50H32N2. The van der Waals surface area contributed by atoms with Crippen LogP contribution < -0.4 is 0 Å². The highest BCUT2D eigenvalue weighted by molar-refractivity contribution is 6.29. The first-order valence-corrected chi connectivity index (χ1v) is 18.3. The first-order chi connectivity index (χ1) is 25.8. The molecule has 2 heteroatoms. The van der Waals surface area contributed by atoms with Crippen LogP contribution in [-0.2, 0) is 12.8 Å². The average molecular weight is 661 g/mol. The van der Waals surface area contributed by atoms with Crippen molar-refractivity contribution >= 4 is 43.6 Å². The molecule has 0 aliphatic heterocycles. The van der Waals surface area contributed by atoms with Gasteiger partial charge in [-0.15, -0.1) is 0 Å². The number of hydrogen-bond donors (Lipinski definition) is 0. The van der Waals surface area contributed by atoms with E-state index in [0.29, 0.717) is 0 Å². The molecule has 2 nitrogen and oxygen atoms in total. The zero-order chi connectivity index (χ0) is 33.9. The second-order valence-electron chi connectivity index (χ2n) is 14.5. The van der Waals surface area contributed by atoms with Gasteiger partial charge in [0, 0.05) is 32.9 Å². The Morgan fingerprint density at radius 2 is 0.846 bits per heavy atom. The van der Waals surface area contributed by atoms with Crippen LogP contribution in [0.15, 0.2) is 170 Å². The van der Waals surface area contributed by atoms with Crippen LogP contribution in [0.25, 0.3) is 88.4 Å². The van der Waals surface area contributed by atoms with Crippen molar-refractivity contribution in [1.29, 1.82) is 0 Å². The molecule has 10 aromatic rings. The molecule has 2 aliphatic carbocycles. The van der Waals surface area contributed by atoms with Crippen LogP contribution in [0.3, 0.4) is 0 Å². The van der Waals surface area contributed by atoms with Gasteiger partial charge in [-0.1, -0.05) is 121 Å². The lowest BCUT2D eigenvalue weighted by Gasteiger charge is -2.16. The van der Waals surface area contributed by atoms with Gasteiger partial charge in [0.05, 0.1) is 22.1 Å². The van der Waals surface area contributed by atoms with E-state index in [4.69, 9.17) is 0 Å². The second-order valence-corrected chi connectivity index (χ2v) is 14.5. The fraction of sp³-hybridized carbons (Fsp3) is 0.0400. The van der Waals surface area contributed by atoms with Crippen molar-refractivity contribution in [1.82, 2.24) is 9.13 Å². The zero-order valence-electron chi connectivity index (χ0n) is 28.5. The Labute approximate surface area is 301 Å². The molecule has 0 spiro atoms. The lowest BCUT2D eigenvalue weighted by atomic mass is 9.94. The predicted molar refractivity (Wildman–Crippen MR) is 217 cm³/mol. The van der Waals surface area contributed by atoms with Crippen molar-refractivity contribution in [2.45, 2.75) is 12.8 Å². The quantitative estimate of drug-likeness (QED) is 0.178. The molecule has 2 heterocycles. The van der Waals surface area contributed by atoms with Gasteiger partial charge in [-0.25, -0.2) is 0 Å². The SMILES string of the molecule is c1ccc(-c2cc(-n3c4ccccc4c4c5c6ccccc6n(-c6ccc7c(c6)-c6ccccc6C7)c5ccc43)cc3c2Cc2ccccc2-3)cc1. The standard InChI is InChI=1S/C50H32N2/c1-2-12-31(13-3-1)41-29-36(30-44-38-17-7-5-15-33(38)27-43(41)44)52-46-21-11-9-19-40(46)50-48(52)25-24-47-49(50)39-18-8-10-20-45(39)51(47)35-23-22-34-26-32-14-4-6-16-37(32)42(34)28-35/h1-25,28-30H,26-27H2. The van der Waals surface area contributed by atoms with Crippen LogP contribution in [0.4, 0.5) is 0 Å². The molecule has 52 heavy (non-hydrogen) atoms. The van der Waals surface area contributed by atoms with Gasteiger partial charge in [0.1, 0.15) is 0 Å². The third-order valence-corrected chi connectivity index (χ3v) is 11.8. The fourth-order valence-electron chi connectivity index (χ4n) is 9.54.